The van der Waals surface area contributed by atoms with Crippen LogP contribution in [-0.2, 0) is 5.11 Å². The molecule has 0 saturated carbocycles. The largest absolute Gasteiger partial charge is 0.354 e. The van der Waals surface area contributed by atoms with Crippen molar-refractivity contribution in [2.45, 2.75) is 0 Å². The quantitative estimate of drug-likeness (QED) is 0.655. The molecule has 19 heavy (non-hydrogen) atoms. The summed E-state index contributed by atoms with van der Waals surface area (Å²) >= 11 is 5.79. The van der Waals surface area contributed by atoms with Crippen LogP contribution in [0.1, 0.15) is 0 Å². The second-order valence-electron chi connectivity index (χ2n) is 3.91. The van der Waals surface area contributed by atoms with E-state index in [0.29, 0.717) is 5.39 Å². The van der Waals surface area contributed by atoms with Crippen LogP contribution in [0.3, 0.4) is 0 Å². The second kappa shape index (κ2) is 4.20. The second-order valence-corrected chi connectivity index (χ2v) is 4.29. The van der Waals surface area contributed by atoms with Crippen LogP contribution < -0.4 is 0 Å². The maximum Gasteiger partial charge on any atom is 0.201 e. The molecule has 3 rings (SSSR count). The van der Waals surface area contributed by atoms with E-state index in [1.54, 1.807) is 0 Å². The van der Waals surface area contributed by atoms with Gasteiger partial charge in [-0.05, 0) is 24.3 Å². The summed E-state index contributed by atoms with van der Waals surface area (Å²) in [5.74, 6) is -1.86. The number of rotatable bonds is 1. The highest BCUT2D eigenvalue weighted by molar-refractivity contribution is 6.36. The normalized spacial score (nSPS) is 11.1. The monoisotopic (exact) mass is 280 g/mol. The molecule has 0 unspecified atom stereocenters. The van der Waals surface area contributed by atoms with Crippen LogP contribution in [0.2, 0.25) is 5.02 Å². The van der Waals surface area contributed by atoms with Crippen molar-refractivity contribution < 1.29 is 18.4 Å². The molecule has 0 N–H and O–H groups in total. The Morgan fingerprint density at radius 1 is 1.16 bits per heavy atom. The summed E-state index contributed by atoms with van der Waals surface area (Å²) in [7, 11) is 0. The van der Waals surface area contributed by atoms with Gasteiger partial charge in [0, 0.05) is 11.6 Å². The van der Waals surface area contributed by atoms with E-state index < -0.39 is 17.4 Å². The van der Waals surface area contributed by atoms with Crippen molar-refractivity contribution in [1.82, 2.24) is 5.16 Å². The highest BCUT2D eigenvalue weighted by Crippen LogP contribution is 2.37. The van der Waals surface area contributed by atoms with Gasteiger partial charge in [-0.25, -0.2) is 8.78 Å². The molecule has 0 saturated heterocycles. The summed E-state index contributed by atoms with van der Waals surface area (Å²) in [5.41, 5.74) is 0.345. The summed E-state index contributed by atoms with van der Waals surface area (Å²) in [5, 5.41) is 15.3. The first kappa shape index (κ1) is 11.9. The molecule has 0 amide bonds. The lowest BCUT2D eigenvalue weighted by atomic mass is 10.1. The lowest BCUT2D eigenvalue weighted by Gasteiger charge is -1.99. The van der Waals surface area contributed by atoms with E-state index in [1.165, 1.54) is 18.2 Å². The molecular formula is C13H5ClF2NO2. The number of nitrogens with zero attached hydrogens (tertiary/aromatic N) is 1. The minimum absolute atomic E-state index is 0.0786. The minimum atomic E-state index is -0.766. The number of benzene rings is 2. The topological polar surface area (TPSA) is 45.9 Å². The fourth-order valence-corrected chi connectivity index (χ4v) is 2.03. The minimum Gasteiger partial charge on any atom is -0.354 e. The SMILES string of the molecule is [O]c1ccc2c(-c3ccc(F)cc3F)noc2c1Cl. The number of fused-ring (bicyclic) bond motifs is 1. The van der Waals surface area contributed by atoms with Gasteiger partial charge in [0.2, 0.25) is 5.75 Å². The first-order valence-corrected chi connectivity index (χ1v) is 5.66. The molecule has 0 spiro atoms. The highest BCUT2D eigenvalue weighted by atomic mass is 35.5. The Bertz CT molecular complexity index is 786. The molecule has 1 radical (unpaired) electrons. The van der Waals surface area contributed by atoms with E-state index in [9.17, 15) is 13.9 Å². The van der Waals surface area contributed by atoms with Gasteiger partial charge in [-0.1, -0.05) is 16.8 Å². The first-order valence-electron chi connectivity index (χ1n) is 5.28. The Balaban J connectivity index is 2.29. The Morgan fingerprint density at radius 2 is 1.95 bits per heavy atom. The van der Waals surface area contributed by atoms with Crippen molar-refractivity contribution in [3.05, 3.63) is 47.0 Å². The highest BCUT2D eigenvalue weighted by Gasteiger charge is 2.18. The predicted octanol–water partition coefficient (Wildman–Crippen LogP) is 4.57. The standard InChI is InChI=1S/C13H5ClF2NO2/c14-11-10(18)4-3-8-12(17-19-13(8)11)7-2-1-6(15)5-9(7)16/h1-5H. The Kier molecular flexibility index (Phi) is 2.64. The molecule has 2 aromatic carbocycles. The van der Waals surface area contributed by atoms with Gasteiger partial charge in [0.1, 0.15) is 22.4 Å². The maximum absolute atomic E-state index is 13.7. The number of halogens is 3. The van der Waals surface area contributed by atoms with Crippen LogP contribution in [0, 0.1) is 11.6 Å². The lowest BCUT2D eigenvalue weighted by Crippen LogP contribution is -1.86. The molecule has 1 heterocycles. The van der Waals surface area contributed by atoms with Gasteiger partial charge in [-0.2, -0.15) is 0 Å². The van der Waals surface area contributed by atoms with Crippen LogP contribution in [0.15, 0.2) is 34.9 Å². The third-order valence-electron chi connectivity index (χ3n) is 2.73. The van der Waals surface area contributed by atoms with E-state index in [-0.39, 0.29) is 21.9 Å². The lowest BCUT2D eigenvalue weighted by molar-refractivity contribution is 0.354. The molecule has 95 valence electrons. The first-order chi connectivity index (χ1) is 9.08. The van der Waals surface area contributed by atoms with Crippen molar-refractivity contribution in [3.8, 4) is 17.0 Å². The smallest absolute Gasteiger partial charge is 0.201 e. The molecule has 3 nitrogen and oxygen atoms in total. The van der Waals surface area contributed by atoms with Gasteiger partial charge < -0.3 is 4.52 Å². The number of hydrogen-bond donors (Lipinski definition) is 0. The van der Waals surface area contributed by atoms with E-state index in [4.69, 9.17) is 16.1 Å². The van der Waals surface area contributed by atoms with Gasteiger partial charge in [-0.3, -0.25) is 5.11 Å². The molecule has 6 heteroatoms. The van der Waals surface area contributed by atoms with Crippen LogP contribution >= 0.6 is 11.6 Å². The zero-order valence-corrected chi connectivity index (χ0v) is 10.0. The maximum atomic E-state index is 13.7. The molecular weight excluding hydrogens is 276 g/mol. The molecule has 1 aromatic heterocycles. The van der Waals surface area contributed by atoms with Crippen molar-refractivity contribution in [3.63, 3.8) is 0 Å². The van der Waals surface area contributed by atoms with Gasteiger partial charge in [0.25, 0.3) is 0 Å². The van der Waals surface area contributed by atoms with Gasteiger partial charge in [-0.15, -0.1) is 0 Å². The number of aromatic nitrogens is 1. The fourth-order valence-electron chi connectivity index (χ4n) is 1.83. The van der Waals surface area contributed by atoms with Gasteiger partial charge in [0.15, 0.2) is 5.58 Å². The van der Waals surface area contributed by atoms with Crippen molar-refractivity contribution in [1.29, 1.82) is 0 Å². The molecule has 0 atom stereocenters. The van der Waals surface area contributed by atoms with E-state index in [2.05, 4.69) is 5.16 Å². The summed E-state index contributed by atoms with van der Waals surface area (Å²) in [6, 6.07) is 5.80. The summed E-state index contributed by atoms with van der Waals surface area (Å²) in [6.07, 6.45) is 0. The predicted molar refractivity (Wildman–Crippen MR) is 64.5 cm³/mol. The Hall–Kier alpha value is -2.14. The van der Waals surface area contributed by atoms with Crippen LogP contribution in [-0.4, -0.2) is 5.16 Å². The van der Waals surface area contributed by atoms with Crippen LogP contribution in [0.5, 0.6) is 5.75 Å². The van der Waals surface area contributed by atoms with Crippen molar-refractivity contribution in [2.75, 3.05) is 0 Å². The fraction of sp³-hybridized carbons (Fsp3) is 0. The summed E-state index contributed by atoms with van der Waals surface area (Å²) < 4.78 is 31.5. The zero-order valence-electron chi connectivity index (χ0n) is 9.28. The average molecular weight is 281 g/mol. The molecule has 0 bridgehead atoms. The van der Waals surface area contributed by atoms with Gasteiger partial charge in [0.05, 0.1) is 5.39 Å². The third-order valence-corrected chi connectivity index (χ3v) is 3.09. The van der Waals surface area contributed by atoms with Crippen LogP contribution in [0.25, 0.3) is 22.2 Å². The number of hydrogen-bond acceptors (Lipinski definition) is 2. The third kappa shape index (κ3) is 1.82. The van der Waals surface area contributed by atoms with Gasteiger partial charge >= 0.3 is 0 Å². The molecule has 0 aliphatic carbocycles. The van der Waals surface area contributed by atoms with E-state index in [1.807, 2.05) is 0 Å². The average Bonchev–Trinajstić information content (AvgIpc) is 2.78. The molecule has 0 fully saturated rings. The van der Waals surface area contributed by atoms with E-state index in [0.717, 1.165) is 12.1 Å². The van der Waals surface area contributed by atoms with Crippen molar-refractivity contribution >= 4 is 22.6 Å². The summed E-state index contributed by atoms with van der Waals surface area (Å²) in [6.45, 7) is 0. The van der Waals surface area contributed by atoms with E-state index >= 15 is 0 Å². The zero-order chi connectivity index (χ0) is 13.6. The molecule has 0 aliphatic rings. The van der Waals surface area contributed by atoms with Crippen LogP contribution in [0.4, 0.5) is 8.78 Å². The molecule has 0 aliphatic heterocycles. The Morgan fingerprint density at radius 3 is 2.68 bits per heavy atom. The van der Waals surface area contributed by atoms with Crippen molar-refractivity contribution in [2.24, 2.45) is 0 Å². The Labute approximate surface area is 111 Å². The molecule has 3 aromatic rings. The summed E-state index contributed by atoms with van der Waals surface area (Å²) in [4.78, 5) is 0.